The molecule has 0 aromatic carbocycles. The number of aryl methyl sites for hydroxylation is 1. The maximum atomic E-state index is 9.16. The Bertz CT molecular complexity index is 232. The minimum Gasteiger partial charge on any atom is -0.506 e. The van der Waals surface area contributed by atoms with E-state index in [-0.39, 0.29) is 18.9 Å². The molecule has 1 aromatic heterocycles. The topological polar surface area (TPSA) is 53.4 Å². The monoisotopic (exact) mass is 155 g/mol. The van der Waals surface area contributed by atoms with Gasteiger partial charge in [0.15, 0.2) is 0 Å². The molecule has 0 spiro atoms. The number of nitrogens with zero attached hydrogens (tertiary/aromatic N) is 1. The fourth-order valence-corrected chi connectivity index (χ4v) is 0.709. The summed E-state index contributed by atoms with van der Waals surface area (Å²) in [7, 11) is 0. The molecular weight excluding hydrogens is 142 g/mol. The molecule has 0 radical (unpaired) electrons. The first-order chi connectivity index (χ1) is 4.63. The second-order valence-electron chi connectivity index (χ2n) is 2.20. The highest BCUT2D eigenvalue weighted by Crippen LogP contribution is 2.26. The van der Waals surface area contributed by atoms with Gasteiger partial charge in [0, 0.05) is 5.56 Å². The van der Waals surface area contributed by atoms with Crippen LogP contribution in [0.15, 0.2) is 6.20 Å². The number of aromatic hydroxyl groups is 2. The third-order valence-corrected chi connectivity index (χ3v) is 1.46. The molecule has 0 fully saturated rings. The number of pyridine rings is 1. The van der Waals surface area contributed by atoms with Gasteiger partial charge in [0.25, 0.3) is 0 Å². The van der Waals surface area contributed by atoms with Crippen molar-refractivity contribution in [2.45, 2.75) is 21.3 Å². The molecular formula is C8H13NO2. The predicted molar refractivity (Wildman–Crippen MR) is 43.8 cm³/mol. The van der Waals surface area contributed by atoms with Crippen LogP contribution in [-0.4, -0.2) is 15.2 Å². The Morgan fingerprint density at radius 3 is 2.27 bits per heavy atom. The van der Waals surface area contributed by atoms with E-state index < -0.39 is 0 Å². The van der Waals surface area contributed by atoms with Gasteiger partial charge in [-0.05, 0) is 13.8 Å². The van der Waals surface area contributed by atoms with Crippen LogP contribution in [0.4, 0.5) is 0 Å². The predicted octanol–water partition coefficient (Wildman–Crippen LogP) is 1.75. The Hall–Kier alpha value is -1.25. The molecule has 3 nitrogen and oxygen atoms in total. The van der Waals surface area contributed by atoms with Crippen LogP contribution >= 0.6 is 0 Å². The number of hydrogen-bond acceptors (Lipinski definition) is 3. The van der Waals surface area contributed by atoms with Gasteiger partial charge in [-0.1, -0.05) is 7.43 Å². The van der Waals surface area contributed by atoms with Crippen molar-refractivity contribution in [3.05, 3.63) is 17.5 Å². The molecule has 0 aliphatic heterocycles. The van der Waals surface area contributed by atoms with Gasteiger partial charge < -0.3 is 10.2 Å². The van der Waals surface area contributed by atoms with Crippen LogP contribution in [0.25, 0.3) is 0 Å². The summed E-state index contributed by atoms with van der Waals surface area (Å²) in [6.45, 7) is 3.32. The number of aromatic nitrogens is 1. The van der Waals surface area contributed by atoms with Crippen molar-refractivity contribution in [3.8, 4) is 11.5 Å². The lowest BCUT2D eigenvalue weighted by molar-refractivity contribution is 0.435. The van der Waals surface area contributed by atoms with E-state index in [1.165, 1.54) is 6.20 Å². The van der Waals surface area contributed by atoms with Crippen molar-refractivity contribution in [2.24, 2.45) is 0 Å². The van der Waals surface area contributed by atoms with Gasteiger partial charge in [0.2, 0.25) is 0 Å². The third-order valence-electron chi connectivity index (χ3n) is 1.46. The van der Waals surface area contributed by atoms with Gasteiger partial charge in [-0.3, -0.25) is 4.98 Å². The maximum Gasteiger partial charge on any atom is 0.143 e. The van der Waals surface area contributed by atoms with Crippen LogP contribution < -0.4 is 0 Å². The zero-order valence-corrected chi connectivity index (χ0v) is 5.92. The van der Waals surface area contributed by atoms with Crippen molar-refractivity contribution in [1.82, 2.24) is 4.98 Å². The molecule has 62 valence electrons. The summed E-state index contributed by atoms with van der Waals surface area (Å²) in [6, 6.07) is 0. The average molecular weight is 155 g/mol. The van der Waals surface area contributed by atoms with Crippen LogP contribution in [-0.2, 0) is 0 Å². The summed E-state index contributed by atoms with van der Waals surface area (Å²) >= 11 is 0. The van der Waals surface area contributed by atoms with Crippen LogP contribution in [0.2, 0.25) is 0 Å². The smallest absolute Gasteiger partial charge is 0.143 e. The van der Waals surface area contributed by atoms with E-state index in [0.717, 1.165) is 0 Å². The molecule has 2 N–H and O–H groups in total. The molecule has 3 heteroatoms. The molecule has 0 aliphatic rings. The summed E-state index contributed by atoms with van der Waals surface area (Å²) in [4.78, 5) is 3.74. The lowest BCUT2D eigenvalue weighted by Crippen LogP contribution is -1.84. The molecule has 0 bridgehead atoms. The first-order valence-corrected chi connectivity index (χ1v) is 2.97. The van der Waals surface area contributed by atoms with Crippen molar-refractivity contribution >= 4 is 0 Å². The van der Waals surface area contributed by atoms with Crippen molar-refractivity contribution < 1.29 is 10.2 Å². The Balaban J connectivity index is 0.000001000. The van der Waals surface area contributed by atoms with Crippen LogP contribution in [0.3, 0.4) is 0 Å². The quantitative estimate of drug-likeness (QED) is 0.600. The van der Waals surface area contributed by atoms with E-state index >= 15 is 0 Å². The van der Waals surface area contributed by atoms with Crippen LogP contribution in [0, 0.1) is 13.8 Å². The van der Waals surface area contributed by atoms with Gasteiger partial charge in [0.1, 0.15) is 11.5 Å². The summed E-state index contributed by atoms with van der Waals surface area (Å²) < 4.78 is 0. The molecule has 1 rings (SSSR count). The first kappa shape index (κ1) is 9.75. The van der Waals surface area contributed by atoms with Gasteiger partial charge in [-0.25, -0.2) is 0 Å². The lowest BCUT2D eigenvalue weighted by Gasteiger charge is -2.02. The third kappa shape index (κ3) is 1.61. The Morgan fingerprint density at radius 1 is 1.27 bits per heavy atom. The fraction of sp³-hybridized carbons (Fsp3) is 0.375. The van der Waals surface area contributed by atoms with E-state index in [0.29, 0.717) is 11.3 Å². The molecule has 0 saturated heterocycles. The molecule has 0 saturated carbocycles. The molecule has 0 aliphatic carbocycles. The summed E-state index contributed by atoms with van der Waals surface area (Å²) in [5, 5.41) is 18.2. The van der Waals surface area contributed by atoms with Crippen LogP contribution in [0.5, 0.6) is 11.5 Å². The zero-order chi connectivity index (χ0) is 7.72. The largest absolute Gasteiger partial charge is 0.506 e. The van der Waals surface area contributed by atoms with Gasteiger partial charge in [0.05, 0.1) is 11.9 Å². The lowest BCUT2D eigenvalue weighted by atomic mass is 10.2. The van der Waals surface area contributed by atoms with E-state index in [4.69, 9.17) is 10.2 Å². The molecule has 0 atom stereocenters. The Labute approximate surface area is 66.3 Å². The van der Waals surface area contributed by atoms with E-state index in [1.807, 2.05) is 0 Å². The standard InChI is InChI=1S/C7H9NO2.CH4/c1-4-6(9)3-8-5(2)7(4)10;/h3,9-10H,1-2H3;1H4. The van der Waals surface area contributed by atoms with E-state index in [1.54, 1.807) is 13.8 Å². The maximum absolute atomic E-state index is 9.16. The molecule has 0 unspecified atom stereocenters. The second kappa shape index (κ2) is 3.23. The van der Waals surface area contributed by atoms with Crippen molar-refractivity contribution in [2.75, 3.05) is 0 Å². The highest BCUT2D eigenvalue weighted by Gasteiger charge is 2.04. The summed E-state index contributed by atoms with van der Waals surface area (Å²) in [5.74, 6) is 0.100. The molecule has 1 aromatic rings. The minimum absolute atomic E-state index is 0. The van der Waals surface area contributed by atoms with Gasteiger partial charge in [-0.2, -0.15) is 0 Å². The summed E-state index contributed by atoms with van der Waals surface area (Å²) in [6.07, 6.45) is 1.32. The normalized spacial score (nSPS) is 8.91. The number of rotatable bonds is 0. The molecule has 1 heterocycles. The Morgan fingerprint density at radius 2 is 1.82 bits per heavy atom. The molecule has 0 amide bonds. The number of hydrogen-bond donors (Lipinski definition) is 2. The minimum atomic E-state index is 0. The summed E-state index contributed by atoms with van der Waals surface area (Å²) in [5.41, 5.74) is 1.02. The van der Waals surface area contributed by atoms with Crippen LogP contribution in [0.1, 0.15) is 18.7 Å². The average Bonchev–Trinajstić information content (AvgIpc) is 1.93. The van der Waals surface area contributed by atoms with Crippen molar-refractivity contribution in [1.29, 1.82) is 0 Å². The van der Waals surface area contributed by atoms with Gasteiger partial charge >= 0.3 is 0 Å². The SMILES string of the molecule is C.Cc1ncc(O)c(C)c1O. The highest BCUT2D eigenvalue weighted by molar-refractivity contribution is 5.42. The highest BCUT2D eigenvalue weighted by atomic mass is 16.3. The second-order valence-corrected chi connectivity index (χ2v) is 2.20. The van der Waals surface area contributed by atoms with Crippen molar-refractivity contribution in [3.63, 3.8) is 0 Å². The van der Waals surface area contributed by atoms with Gasteiger partial charge in [-0.15, -0.1) is 0 Å². The van der Waals surface area contributed by atoms with E-state index in [2.05, 4.69) is 4.98 Å². The van der Waals surface area contributed by atoms with E-state index in [9.17, 15) is 0 Å². The Kier molecular flexibility index (Phi) is 2.87. The fourth-order valence-electron chi connectivity index (χ4n) is 0.709. The first-order valence-electron chi connectivity index (χ1n) is 2.97. The molecule has 11 heavy (non-hydrogen) atoms. The zero-order valence-electron chi connectivity index (χ0n) is 5.92.